The second-order valence-corrected chi connectivity index (χ2v) is 3.30. The first-order chi connectivity index (χ1) is 6.76. The number of hydrogen-bond donors (Lipinski definition) is 3. The number of nitrogens with one attached hydrogen (secondary N) is 2. The zero-order chi connectivity index (χ0) is 10.4. The third-order valence-corrected chi connectivity index (χ3v) is 2.11. The van der Waals surface area contributed by atoms with Crippen LogP contribution in [0.3, 0.4) is 0 Å². The number of hydrogen-bond acceptors (Lipinski definition) is 5. The van der Waals surface area contributed by atoms with Gasteiger partial charge >= 0.3 is 0 Å². The first-order valence-corrected chi connectivity index (χ1v) is 4.79. The minimum absolute atomic E-state index is 0.430. The molecule has 0 spiro atoms. The molecule has 0 amide bonds. The van der Waals surface area contributed by atoms with E-state index in [-0.39, 0.29) is 0 Å². The van der Waals surface area contributed by atoms with E-state index in [4.69, 9.17) is 5.84 Å². The molecule has 1 unspecified atom stereocenters. The van der Waals surface area contributed by atoms with E-state index in [0.717, 1.165) is 18.8 Å². The Morgan fingerprint density at radius 3 is 3.00 bits per heavy atom. The summed E-state index contributed by atoms with van der Waals surface area (Å²) in [7, 11) is 0. The number of anilines is 2. The summed E-state index contributed by atoms with van der Waals surface area (Å²) in [6.45, 7) is 5.27. The summed E-state index contributed by atoms with van der Waals surface area (Å²) in [6.07, 6.45) is 2.82. The van der Waals surface area contributed by atoms with Crippen LogP contribution in [0.25, 0.3) is 0 Å². The Bertz CT molecular complexity index is 276. The fraction of sp³-hybridized carbons (Fsp3) is 0.556. The molecule has 0 aliphatic heterocycles. The molecule has 0 aliphatic carbocycles. The fourth-order valence-electron chi connectivity index (χ4n) is 0.950. The molecule has 1 atom stereocenters. The first-order valence-electron chi connectivity index (χ1n) is 4.79. The summed E-state index contributed by atoms with van der Waals surface area (Å²) in [4.78, 5) is 8.06. The predicted molar refractivity (Wildman–Crippen MR) is 57.8 cm³/mol. The van der Waals surface area contributed by atoms with Gasteiger partial charge < -0.3 is 5.32 Å². The zero-order valence-corrected chi connectivity index (χ0v) is 8.62. The van der Waals surface area contributed by atoms with Gasteiger partial charge in [0.2, 0.25) is 5.95 Å². The molecule has 14 heavy (non-hydrogen) atoms. The molecule has 1 aromatic heterocycles. The van der Waals surface area contributed by atoms with Gasteiger partial charge in [0.05, 0.1) is 0 Å². The monoisotopic (exact) mass is 195 g/mol. The molecule has 5 heteroatoms. The van der Waals surface area contributed by atoms with E-state index in [2.05, 4.69) is 34.6 Å². The molecule has 78 valence electrons. The highest BCUT2D eigenvalue weighted by Crippen LogP contribution is 2.07. The van der Waals surface area contributed by atoms with Crippen LogP contribution in [0, 0.1) is 5.92 Å². The van der Waals surface area contributed by atoms with Crippen molar-refractivity contribution < 1.29 is 0 Å². The lowest BCUT2D eigenvalue weighted by molar-refractivity contribution is 0.592. The molecule has 1 rings (SSSR count). The fourth-order valence-corrected chi connectivity index (χ4v) is 0.950. The molecule has 0 saturated carbocycles. The topological polar surface area (TPSA) is 75.9 Å². The maximum absolute atomic E-state index is 5.20. The maximum atomic E-state index is 5.20. The zero-order valence-electron chi connectivity index (χ0n) is 8.62. The first kappa shape index (κ1) is 10.7. The van der Waals surface area contributed by atoms with Crippen LogP contribution in [0.1, 0.15) is 20.3 Å². The summed E-state index contributed by atoms with van der Waals surface area (Å²) in [5.41, 5.74) is 2.41. The Morgan fingerprint density at radius 2 is 2.36 bits per heavy atom. The third kappa shape index (κ3) is 3.18. The number of rotatable bonds is 5. The van der Waals surface area contributed by atoms with Gasteiger partial charge in [0.15, 0.2) is 0 Å². The highest BCUT2D eigenvalue weighted by atomic mass is 15.3. The summed E-state index contributed by atoms with van der Waals surface area (Å²) in [6, 6.07) is 1.82. The Balaban J connectivity index is 2.50. The smallest absolute Gasteiger partial charge is 0.239 e. The van der Waals surface area contributed by atoms with Crippen LogP contribution < -0.4 is 16.6 Å². The predicted octanol–water partition coefficient (Wildman–Crippen LogP) is 1.22. The number of nitrogens with zero attached hydrogens (tertiary/aromatic N) is 2. The number of nitrogens with two attached hydrogens (primary N) is 1. The summed E-state index contributed by atoms with van der Waals surface area (Å²) in [5.74, 6) is 7.07. The molecule has 4 N–H and O–H groups in total. The second-order valence-electron chi connectivity index (χ2n) is 3.30. The van der Waals surface area contributed by atoms with Crippen molar-refractivity contribution in [2.45, 2.75) is 20.3 Å². The largest absolute Gasteiger partial charge is 0.370 e. The average Bonchev–Trinajstić information content (AvgIpc) is 2.26. The van der Waals surface area contributed by atoms with Crippen LogP contribution in [-0.2, 0) is 0 Å². The van der Waals surface area contributed by atoms with Gasteiger partial charge in [-0.15, -0.1) is 0 Å². The molecule has 0 radical (unpaired) electrons. The van der Waals surface area contributed by atoms with Crippen molar-refractivity contribution in [1.29, 1.82) is 0 Å². The normalized spacial score (nSPS) is 12.2. The van der Waals surface area contributed by atoms with Crippen LogP contribution in [0.5, 0.6) is 0 Å². The van der Waals surface area contributed by atoms with Crippen molar-refractivity contribution in [3.8, 4) is 0 Å². The van der Waals surface area contributed by atoms with E-state index in [1.54, 1.807) is 6.20 Å². The summed E-state index contributed by atoms with van der Waals surface area (Å²) >= 11 is 0. The Kier molecular flexibility index (Phi) is 4.12. The van der Waals surface area contributed by atoms with Gasteiger partial charge in [-0.05, 0) is 12.0 Å². The lowest BCUT2D eigenvalue weighted by Gasteiger charge is -2.10. The van der Waals surface area contributed by atoms with E-state index in [1.165, 1.54) is 0 Å². The molecule has 1 aromatic rings. The standard InChI is InChI=1S/C9H17N5/c1-3-7(2)6-12-8-4-5-11-9(13-8)14-10/h4-5,7H,3,6,10H2,1-2H3,(H2,11,12,13,14). The lowest BCUT2D eigenvalue weighted by Crippen LogP contribution is -2.14. The molecule has 0 saturated heterocycles. The summed E-state index contributed by atoms with van der Waals surface area (Å²) in [5, 5.41) is 3.22. The molecule has 1 heterocycles. The van der Waals surface area contributed by atoms with Crippen LogP contribution in [0.15, 0.2) is 12.3 Å². The number of nitrogen functional groups attached to an aromatic ring is 1. The van der Waals surface area contributed by atoms with E-state index >= 15 is 0 Å². The quantitative estimate of drug-likeness (QED) is 0.486. The molecular weight excluding hydrogens is 178 g/mol. The van der Waals surface area contributed by atoms with Crippen molar-refractivity contribution >= 4 is 11.8 Å². The van der Waals surface area contributed by atoms with Gasteiger partial charge in [-0.25, -0.2) is 10.8 Å². The van der Waals surface area contributed by atoms with Crippen molar-refractivity contribution in [2.75, 3.05) is 17.3 Å². The Labute approximate surface area is 84.1 Å². The van der Waals surface area contributed by atoms with Gasteiger partial charge in [0.25, 0.3) is 0 Å². The minimum atomic E-state index is 0.430. The summed E-state index contributed by atoms with van der Waals surface area (Å²) < 4.78 is 0. The molecule has 0 aromatic carbocycles. The van der Waals surface area contributed by atoms with Crippen molar-refractivity contribution in [2.24, 2.45) is 11.8 Å². The molecule has 0 bridgehead atoms. The maximum Gasteiger partial charge on any atom is 0.239 e. The molecular formula is C9H17N5. The average molecular weight is 195 g/mol. The third-order valence-electron chi connectivity index (χ3n) is 2.11. The molecule has 0 aliphatic rings. The lowest BCUT2D eigenvalue weighted by atomic mass is 10.1. The number of hydrazine groups is 1. The second kappa shape index (κ2) is 5.39. The van der Waals surface area contributed by atoms with Crippen molar-refractivity contribution in [3.05, 3.63) is 12.3 Å². The van der Waals surface area contributed by atoms with E-state index in [0.29, 0.717) is 11.9 Å². The molecule has 0 fully saturated rings. The highest BCUT2D eigenvalue weighted by molar-refractivity contribution is 5.38. The van der Waals surface area contributed by atoms with E-state index in [9.17, 15) is 0 Å². The van der Waals surface area contributed by atoms with Crippen LogP contribution in [-0.4, -0.2) is 16.5 Å². The van der Waals surface area contributed by atoms with Crippen LogP contribution in [0.2, 0.25) is 0 Å². The van der Waals surface area contributed by atoms with Crippen molar-refractivity contribution in [3.63, 3.8) is 0 Å². The Hall–Kier alpha value is -1.36. The van der Waals surface area contributed by atoms with Gasteiger partial charge in [-0.1, -0.05) is 20.3 Å². The van der Waals surface area contributed by atoms with Gasteiger partial charge in [-0.3, -0.25) is 5.43 Å². The van der Waals surface area contributed by atoms with Crippen LogP contribution in [0.4, 0.5) is 11.8 Å². The Morgan fingerprint density at radius 1 is 1.57 bits per heavy atom. The van der Waals surface area contributed by atoms with Gasteiger partial charge in [0.1, 0.15) is 5.82 Å². The van der Waals surface area contributed by atoms with E-state index < -0.39 is 0 Å². The van der Waals surface area contributed by atoms with Crippen molar-refractivity contribution in [1.82, 2.24) is 9.97 Å². The van der Waals surface area contributed by atoms with E-state index in [1.807, 2.05) is 6.07 Å². The molecule has 5 nitrogen and oxygen atoms in total. The number of aromatic nitrogens is 2. The van der Waals surface area contributed by atoms with Crippen LogP contribution >= 0.6 is 0 Å². The van der Waals surface area contributed by atoms with Gasteiger partial charge in [0, 0.05) is 12.7 Å². The minimum Gasteiger partial charge on any atom is -0.370 e. The van der Waals surface area contributed by atoms with Gasteiger partial charge in [-0.2, -0.15) is 4.98 Å². The SMILES string of the molecule is CCC(C)CNc1ccnc(NN)n1. The highest BCUT2D eigenvalue weighted by Gasteiger charge is 2.00.